The minimum atomic E-state index is -0.589. The third-order valence-electron chi connectivity index (χ3n) is 2.54. The van der Waals surface area contributed by atoms with Gasteiger partial charge in [-0.3, -0.25) is 0 Å². The molecule has 19 heavy (non-hydrogen) atoms. The zero-order valence-corrected chi connectivity index (χ0v) is 11.3. The Kier molecular flexibility index (Phi) is 5.57. The second-order valence-corrected chi connectivity index (χ2v) is 4.36. The Morgan fingerprint density at radius 3 is 2.79 bits per heavy atom. The lowest BCUT2D eigenvalue weighted by atomic mass is 10.2. The number of nitrogens with one attached hydrogen (secondary N) is 1. The van der Waals surface area contributed by atoms with Gasteiger partial charge in [0.1, 0.15) is 0 Å². The number of carbonyl (C=O) groups excluding carboxylic acids is 1. The average molecular weight is 270 g/mol. The molecule has 5 nitrogen and oxygen atoms in total. The minimum absolute atomic E-state index is 0.168. The summed E-state index contributed by atoms with van der Waals surface area (Å²) in [4.78, 5) is 13.0. The first-order valence-corrected chi connectivity index (χ1v) is 5.93. The van der Waals surface area contributed by atoms with E-state index < -0.39 is 11.9 Å². The second kappa shape index (κ2) is 6.94. The van der Waals surface area contributed by atoms with Gasteiger partial charge in [-0.2, -0.15) is 0 Å². The van der Waals surface area contributed by atoms with Crippen LogP contribution in [0.4, 0.5) is 9.18 Å². The van der Waals surface area contributed by atoms with Crippen molar-refractivity contribution in [2.75, 3.05) is 20.7 Å². The van der Waals surface area contributed by atoms with Gasteiger partial charge in [-0.05, 0) is 24.6 Å². The molecule has 1 atom stereocenters. The van der Waals surface area contributed by atoms with Crippen molar-refractivity contribution in [3.05, 3.63) is 29.6 Å². The van der Waals surface area contributed by atoms with Gasteiger partial charge in [-0.25, -0.2) is 9.18 Å². The first-order valence-electron chi connectivity index (χ1n) is 5.93. The van der Waals surface area contributed by atoms with Crippen LogP contribution in [0.25, 0.3) is 0 Å². The number of aliphatic hydroxyl groups is 1. The maximum atomic E-state index is 13.4. The highest BCUT2D eigenvalue weighted by Gasteiger charge is 2.10. The van der Waals surface area contributed by atoms with Crippen molar-refractivity contribution in [3.8, 4) is 5.75 Å². The van der Waals surface area contributed by atoms with Gasteiger partial charge in [0.2, 0.25) is 0 Å². The highest BCUT2D eigenvalue weighted by molar-refractivity contribution is 5.73. The molecule has 0 aliphatic carbocycles. The standard InChI is InChI=1S/C13H19FN2O3/c1-9(17)8-16(2)13(18)15-7-10-4-5-12(19-3)11(14)6-10/h4-6,9,17H,7-8H2,1-3H3,(H,15,18). The molecule has 0 fully saturated rings. The monoisotopic (exact) mass is 270 g/mol. The maximum Gasteiger partial charge on any atom is 0.317 e. The molecule has 1 aromatic rings. The number of rotatable bonds is 5. The Hall–Kier alpha value is -1.82. The predicted molar refractivity (Wildman–Crippen MR) is 69.5 cm³/mol. The largest absolute Gasteiger partial charge is 0.494 e. The summed E-state index contributed by atoms with van der Waals surface area (Å²) in [5, 5.41) is 11.8. The molecule has 0 aliphatic heterocycles. The fraction of sp³-hybridized carbons (Fsp3) is 0.462. The van der Waals surface area contributed by atoms with E-state index in [1.54, 1.807) is 20.0 Å². The molecule has 0 bridgehead atoms. The first-order chi connectivity index (χ1) is 8.93. The number of ether oxygens (including phenoxy) is 1. The van der Waals surface area contributed by atoms with E-state index in [1.807, 2.05) is 0 Å². The number of amides is 2. The van der Waals surface area contributed by atoms with E-state index in [4.69, 9.17) is 9.84 Å². The van der Waals surface area contributed by atoms with Crippen molar-refractivity contribution < 1.29 is 19.0 Å². The van der Waals surface area contributed by atoms with E-state index in [1.165, 1.54) is 24.1 Å². The summed E-state index contributed by atoms with van der Waals surface area (Å²) in [5.74, 6) is -0.298. The highest BCUT2D eigenvalue weighted by Crippen LogP contribution is 2.17. The minimum Gasteiger partial charge on any atom is -0.494 e. The lowest BCUT2D eigenvalue weighted by molar-refractivity contribution is 0.143. The molecule has 0 saturated heterocycles. The van der Waals surface area contributed by atoms with Crippen molar-refractivity contribution in [1.29, 1.82) is 0 Å². The number of benzene rings is 1. The van der Waals surface area contributed by atoms with Crippen LogP contribution in [-0.4, -0.2) is 42.8 Å². The first kappa shape index (κ1) is 15.2. The fourth-order valence-corrected chi connectivity index (χ4v) is 1.61. The van der Waals surface area contributed by atoms with Crippen LogP contribution in [0.3, 0.4) is 0 Å². The van der Waals surface area contributed by atoms with Crippen LogP contribution < -0.4 is 10.1 Å². The Morgan fingerprint density at radius 1 is 1.58 bits per heavy atom. The highest BCUT2D eigenvalue weighted by atomic mass is 19.1. The number of carbonyl (C=O) groups is 1. The van der Waals surface area contributed by atoms with Crippen molar-refractivity contribution in [3.63, 3.8) is 0 Å². The van der Waals surface area contributed by atoms with E-state index >= 15 is 0 Å². The van der Waals surface area contributed by atoms with Gasteiger partial charge in [-0.1, -0.05) is 6.07 Å². The Morgan fingerprint density at radius 2 is 2.26 bits per heavy atom. The van der Waals surface area contributed by atoms with Gasteiger partial charge in [0, 0.05) is 20.1 Å². The van der Waals surface area contributed by atoms with E-state index in [0.29, 0.717) is 5.56 Å². The number of aliphatic hydroxyl groups excluding tert-OH is 1. The van der Waals surface area contributed by atoms with Crippen LogP contribution in [0, 0.1) is 5.82 Å². The molecule has 0 spiro atoms. The smallest absolute Gasteiger partial charge is 0.317 e. The molecule has 106 valence electrons. The number of hydrogen-bond donors (Lipinski definition) is 2. The number of halogens is 1. The number of urea groups is 1. The van der Waals surface area contributed by atoms with Gasteiger partial charge in [0.15, 0.2) is 11.6 Å². The molecule has 2 amide bonds. The molecule has 0 aromatic heterocycles. The van der Waals surface area contributed by atoms with Gasteiger partial charge in [0.25, 0.3) is 0 Å². The summed E-state index contributed by atoms with van der Waals surface area (Å²) in [6.07, 6.45) is -0.589. The third kappa shape index (κ3) is 4.75. The summed E-state index contributed by atoms with van der Waals surface area (Å²) in [5.41, 5.74) is 0.636. The zero-order valence-electron chi connectivity index (χ0n) is 11.3. The SMILES string of the molecule is COc1ccc(CNC(=O)N(C)CC(C)O)cc1F. The van der Waals surface area contributed by atoms with E-state index in [-0.39, 0.29) is 24.9 Å². The van der Waals surface area contributed by atoms with E-state index in [2.05, 4.69) is 5.32 Å². The quantitative estimate of drug-likeness (QED) is 0.849. The van der Waals surface area contributed by atoms with Crippen molar-refractivity contribution in [1.82, 2.24) is 10.2 Å². The molecule has 1 unspecified atom stereocenters. The van der Waals surface area contributed by atoms with E-state index in [9.17, 15) is 9.18 Å². The Bertz CT molecular complexity index is 438. The summed E-state index contributed by atoms with van der Waals surface area (Å²) in [7, 11) is 2.97. The predicted octanol–water partition coefficient (Wildman–Crippen LogP) is 1.36. The number of nitrogens with zero attached hydrogens (tertiary/aromatic N) is 1. The molecular weight excluding hydrogens is 251 g/mol. The molecule has 0 saturated carbocycles. The van der Waals surface area contributed by atoms with Crippen molar-refractivity contribution >= 4 is 6.03 Å². The lowest BCUT2D eigenvalue weighted by Gasteiger charge is -2.19. The molecule has 2 N–H and O–H groups in total. The topological polar surface area (TPSA) is 61.8 Å². The second-order valence-electron chi connectivity index (χ2n) is 4.36. The van der Waals surface area contributed by atoms with Crippen LogP contribution in [0.2, 0.25) is 0 Å². The molecule has 1 aromatic carbocycles. The molecule has 6 heteroatoms. The van der Waals surface area contributed by atoms with Crippen LogP contribution >= 0.6 is 0 Å². The molecule has 0 radical (unpaired) electrons. The van der Waals surface area contributed by atoms with Crippen LogP contribution in [0.1, 0.15) is 12.5 Å². The third-order valence-corrected chi connectivity index (χ3v) is 2.54. The molecule has 0 aliphatic rings. The van der Waals surface area contributed by atoms with Crippen molar-refractivity contribution in [2.24, 2.45) is 0 Å². The van der Waals surface area contributed by atoms with Gasteiger partial charge in [-0.15, -0.1) is 0 Å². The van der Waals surface area contributed by atoms with Gasteiger partial charge < -0.3 is 20.1 Å². The van der Waals surface area contributed by atoms with E-state index in [0.717, 1.165) is 0 Å². The maximum absolute atomic E-state index is 13.4. The van der Waals surface area contributed by atoms with Crippen LogP contribution in [0.15, 0.2) is 18.2 Å². The van der Waals surface area contributed by atoms with Crippen LogP contribution in [0.5, 0.6) is 5.75 Å². The van der Waals surface area contributed by atoms with Crippen LogP contribution in [-0.2, 0) is 6.54 Å². The lowest BCUT2D eigenvalue weighted by Crippen LogP contribution is -2.40. The summed E-state index contributed by atoms with van der Waals surface area (Å²) >= 11 is 0. The Labute approximate surface area is 112 Å². The van der Waals surface area contributed by atoms with Crippen molar-refractivity contribution in [2.45, 2.75) is 19.6 Å². The van der Waals surface area contributed by atoms with Gasteiger partial charge >= 0.3 is 6.03 Å². The number of likely N-dealkylation sites (N-methyl/N-ethyl adjacent to an activating group) is 1. The fourth-order valence-electron chi connectivity index (χ4n) is 1.61. The molecular formula is C13H19FN2O3. The Balaban J connectivity index is 2.52. The average Bonchev–Trinajstić information content (AvgIpc) is 2.35. The summed E-state index contributed by atoms with van der Waals surface area (Å²) in [6, 6.07) is 4.18. The molecule has 0 heterocycles. The van der Waals surface area contributed by atoms with Gasteiger partial charge in [0.05, 0.1) is 13.2 Å². The summed E-state index contributed by atoms with van der Waals surface area (Å²) in [6.45, 7) is 2.05. The summed E-state index contributed by atoms with van der Waals surface area (Å²) < 4.78 is 18.2. The number of methoxy groups -OCH3 is 1. The normalized spacial score (nSPS) is 11.8. The number of hydrogen-bond acceptors (Lipinski definition) is 3. The molecule has 1 rings (SSSR count). The zero-order chi connectivity index (χ0) is 14.4.